The number of nitrogens with zero attached hydrogens (tertiary/aromatic N) is 5. The van der Waals surface area contributed by atoms with Crippen molar-refractivity contribution in [2.75, 3.05) is 5.32 Å². The summed E-state index contributed by atoms with van der Waals surface area (Å²) < 4.78 is 39.8. The topological polar surface area (TPSA) is 77.6 Å². The third kappa shape index (κ3) is 3.67. The van der Waals surface area contributed by atoms with Gasteiger partial charge >= 0.3 is 6.18 Å². The zero-order valence-electron chi connectivity index (χ0n) is 13.0. The number of carbonyl (C=O) groups excluding carboxylic acids is 1. The van der Waals surface area contributed by atoms with Crippen LogP contribution < -0.4 is 5.32 Å². The van der Waals surface area contributed by atoms with Gasteiger partial charge in [0.05, 0.1) is 11.9 Å². The number of hydrogen-bond acceptors (Lipinski definition) is 4. The Morgan fingerprint density at radius 1 is 1.24 bits per heavy atom. The van der Waals surface area contributed by atoms with Crippen LogP contribution in [0.1, 0.15) is 11.4 Å². The van der Waals surface area contributed by atoms with Crippen molar-refractivity contribution in [2.45, 2.75) is 19.6 Å². The summed E-state index contributed by atoms with van der Waals surface area (Å²) in [6, 6.07) is 9.04. The van der Waals surface area contributed by atoms with Crippen LogP contribution in [0.3, 0.4) is 0 Å². The third-order valence-corrected chi connectivity index (χ3v) is 3.35. The molecule has 2 heterocycles. The fourth-order valence-electron chi connectivity index (χ4n) is 2.22. The Bertz CT molecular complexity index is 899. The molecule has 3 aromatic rings. The Hall–Kier alpha value is -3.17. The predicted octanol–water partition coefficient (Wildman–Crippen LogP) is 2.43. The van der Waals surface area contributed by atoms with E-state index in [4.69, 9.17) is 0 Å². The molecule has 1 N–H and O–H groups in total. The van der Waals surface area contributed by atoms with Gasteiger partial charge in [0.15, 0.2) is 0 Å². The summed E-state index contributed by atoms with van der Waals surface area (Å²) in [5, 5.41) is 10.0. The lowest BCUT2D eigenvalue weighted by Crippen LogP contribution is -2.21. The van der Waals surface area contributed by atoms with Crippen molar-refractivity contribution in [2.24, 2.45) is 0 Å². The van der Waals surface area contributed by atoms with Gasteiger partial charge in [0.1, 0.15) is 18.7 Å². The molecule has 0 aliphatic rings. The highest BCUT2D eigenvalue weighted by Gasteiger charge is 2.35. The number of para-hydroxylation sites is 1. The lowest BCUT2D eigenvalue weighted by atomic mass is 10.2. The van der Waals surface area contributed by atoms with Gasteiger partial charge < -0.3 is 5.32 Å². The maximum Gasteiger partial charge on any atom is 0.453 e. The van der Waals surface area contributed by atoms with Gasteiger partial charge in [0.2, 0.25) is 5.91 Å². The number of aromatic nitrogens is 5. The number of halogens is 3. The van der Waals surface area contributed by atoms with Crippen molar-refractivity contribution in [1.29, 1.82) is 0 Å². The molecule has 1 amide bonds. The second-order valence-electron chi connectivity index (χ2n) is 5.23. The minimum absolute atomic E-state index is 0.399. The Morgan fingerprint density at radius 2 is 2.00 bits per heavy atom. The van der Waals surface area contributed by atoms with Crippen molar-refractivity contribution in [3.63, 3.8) is 0 Å². The first-order valence-electron chi connectivity index (χ1n) is 7.21. The standard InChI is InChI=1S/C15H13F3N6O/c1-10-4-2-3-5-11(10)24-12(6-7-20-24)21-13(25)8-23-9-19-14(22-23)15(16,17)18/h2-7,9H,8H2,1H3,(H,21,25). The number of rotatable bonds is 4. The van der Waals surface area contributed by atoms with Crippen molar-refractivity contribution in [1.82, 2.24) is 24.5 Å². The van der Waals surface area contributed by atoms with Gasteiger partial charge in [-0.1, -0.05) is 18.2 Å². The maximum atomic E-state index is 12.5. The number of aryl methyl sites for hydroxylation is 1. The zero-order valence-corrected chi connectivity index (χ0v) is 13.0. The number of nitrogens with one attached hydrogen (secondary N) is 1. The average molecular weight is 350 g/mol. The highest BCUT2D eigenvalue weighted by atomic mass is 19.4. The van der Waals surface area contributed by atoms with E-state index >= 15 is 0 Å². The van der Waals surface area contributed by atoms with Gasteiger partial charge in [-0.05, 0) is 18.6 Å². The summed E-state index contributed by atoms with van der Waals surface area (Å²) in [5.74, 6) is -1.44. The van der Waals surface area contributed by atoms with Crippen LogP contribution >= 0.6 is 0 Å². The molecule has 0 saturated heterocycles. The molecule has 25 heavy (non-hydrogen) atoms. The number of carbonyl (C=O) groups is 1. The van der Waals surface area contributed by atoms with Crippen molar-refractivity contribution >= 4 is 11.7 Å². The molecule has 0 bridgehead atoms. The summed E-state index contributed by atoms with van der Waals surface area (Å²) in [6.45, 7) is 1.50. The number of amides is 1. The molecule has 0 radical (unpaired) electrons. The lowest BCUT2D eigenvalue weighted by molar-refractivity contribution is -0.145. The first-order valence-corrected chi connectivity index (χ1v) is 7.21. The molecule has 0 spiro atoms. The first-order chi connectivity index (χ1) is 11.8. The minimum atomic E-state index is -4.65. The van der Waals surface area contributed by atoms with Gasteiger partial charge in [-0.25, -0.2) is 14.3 Å². The zero-order chi connectivity index (χ0) is 18.0. The Labute approximate surface area is 140 Å². The van der Waals surface area contributed by atoms with Crippen molar-refractivity contribution < 1.29 is 18.0 Å². The second kappa shape index (κ2) is 6.38. The van der Waals surface area contributed by atoms with E-state index in [1.807, 2.05) is 31.2 Å². The summed E-state index contributed by atoms with van der Waals surface area (Å²) in [6.07, 6.45) is -2.27. The molecule has 0 aliphatic heterocycles. The molecule has 2 aromatic heterocycles. The van der Waals surface area contributed by atoms with Crippen LogP contribution in [0, 0.1) is 6.92 Å². The quantitative estimate of drug-likeness (QED) is 0.784. The molecular weight excluding hydrogens is 337 g/mol. The Morgan fingerprint density at radius 3 is 2.68 bits per heavy atom. The van der Waals surface area contributed by atoms with E-state index < -0.39 is 24.5 Å². The van der Waals surface area contributed by atoms with Gasteiger partial charge in [-0.3, -0.25) is 4.79 Å². The van der Waals surface area contributed by atoms with E-state index in [9.17, 15) is 18.0 Å². The van der Waals surface area contributed by atoms with Gasteiger partial charge in [-0.15, -0.1) is 5.10 Å². The van der Waals surface area contributed by atoms with E-state index in [1.54, 1.807) is 6.07 Å². The normalized spacial score (nSPS) is 11.5. The van der Waals surface area contributed by atoms with E-state index in [2.05, 4.69) is 20.5 Å². The van der Waals surface area contributed by atoms with Gasteiger partial charge in [0.25, 0.3) is 5.82 Å². The molecule has 0 atom stereocenters. The van der Waals surface area contributed by atoms with Crippen LogP contribution in [0.15, 0.2) is 42.9 Å². The van der Waals surface area contributed by atoms with E-state index in [0.29, 0.717) is 5.82 Å². The van der Waals surface area contributed by atoms with Crippen LogP contribution in [0.2, 0.25) is 0 Å². The van der Waals surface area contributed by atoms with Crippen LogP contribution in [0.4, 0.5) is 19.0 Å². The van der Waals surface area contributed by atoms with Crippen molar-refractivity contribution in [3.8, 4) is 5.69 Å². The maximum absolute atomic E-state index is 12.5. The van der Waals surface area contributed by atoms with E-state index in [1.165, 1.54) is 10.9 Å². The first kappa shape index (κ1) is 16.7. The number of anilines is 1. The van der Waals surface area contributed by atoms with E-state index in [0.717, 1.165) is 22.3 Å². The Balaban J connectivity index is 1.74. The highest BCUT2D eigenvalue weighted by Crippen LogP contribution is 2.25. The molecule has 0 saturated carbocycles. The smallest absolute Gasteiger partial charge is 0.309 e. The molecule has 0 aliphatic carbocycles. The summed E-state index contributed by atoms with van der Waals surface area (Å²) in [7, 11) is 0. The van der Waals surface area contributed by atoms with E-state index in [-0.39, 0.29) is 0 Å². The lowest BCUT2D eigenvalue weighted by Gasteiger charge is -2.11. The highest BCUT2D eigenvalue weighted by molar-refractivity contribution is 5.89. The second-order valence-corrected chi connectivity index (χ2v) is 5.23. The van der Waals surface area contributed by atoms with Crippen molar-refractivity contribution in [3.05, 3.63) is 54.2 Å². The number of alkyl halides is 3. The molecule has 1 aromatic carbocycles. The van der Waals surface area contributed by atoms with Crippen LogP contribution in [-0.2, 0) is 17.5 Å². The van der Waals surface area contributed by atoms with Crippen LogP contribution in [-0.4, -0.2) is 30.5 Å². The molecular formula is C15H13F3N6O. The summed E-state index contributed by atoms with van der Waals surface area (Å²) >= 11 is 0. The minimum Gasteiger partial charge on any atom is -0.309 e. The monoisotopic (exact) mass is 350 g/mol. The number of benzene rings is 1. The third-order valence-electron chi connectivity index (χ3n) is 3.35. The fourth-order valence-corrected chi connectivity index (χ4v) is 2.22. The molecule has 130 valence electrons. The largest absolute Gasteiger partial charge is 0.453 e. The average Bonchev–Trinajstić information content (AvgIpc) is 3.17. The van der Waals surface area contributed by atoms with Gasteiger partial charge in [0, 0.05) is 6.07 Å². The fraction of sp³-hybridized carbons (Fsp3) is 0.200. The molecule has 10 heteroatoms. The van der Waals surface area contributed by atoms with Crippen LogP contribution in [0.25, 0.3) is 5.69 Å². The molecule has 7 nitrogen and oxygen atoms in total. The Kier molecular flexibility index (Phi) is 4.26. The summed E-state index contributed by atoms with van der Waals surface area (Å²) in [4.78, 5) is 15.2. The SMILES string of the molecule is Cc1ccccc1-n1nccc1NC(=O)Cn1cnc(C(F)(F)F)n1. The van der Waals surface area contributed by atoms with Crippen LogP contribution in [0.5, 0.6) is 0 Å². The molecule has 0 unspecified atom stereocenters. The molecule has 3 rings (SSSR count). The van der Waals surface area contributed by atoms with Gasteiger partial charge in [-0.2, -0.15) is 18.3 Å². The summed E-state index contributed by atoms with van der Waals surface area (Å²) in [5.41, 5.74) is 1.73. The molecule has 0 fully saturated rings. The number of hydrogen-bond donors (Lipinski definition) is 1. The predicted molar refractivity (Wildman–Crippen MR) is 82.0 cm³/mol.